The molecule has 1 aliphatic heterocycles. The van der Waals surface area contributed by atoms with Crippen LogP contribution in [0.2, 0.25) is 0 Å². The molecule has 1 aromatic heterocycles. The minimum Gasteiger partial charge on any atom is -0.353 e. The molecule has 2 heterocycles. The number of hydrogen-bond donors (Lipinski definition) is 0. The first-order valence-electron chi connectivity index (χ1n) is 10.0. The van der Waals surface area contributed by atoms with Crippen molar-refractivity contribution in [2.45, 2.75) is 18.7 Å². The first-order valence-corrected chi connectivity index (χ1v) is 11.5. The maximum Gasteiger partial charge on any atom is 0.271 e. The Labute approximate surface area is 184 Å². The van der Waals surface area contributed by atoms with E-state index in [-0.39, 0.29) is 18.6 Å². The average Bonchev–Trinajstić information content (AvgIpc) is 2.76. The van der Waals surface area contributed by atoms with Crippen LogP contribution in [0.5, 0.6) is 0 Å². The number of hydrogen-bond acceptors (Lipinski definition) is 5. The average molecular weight is 461 g/mol. The van der Waals surface area contributed by atoms with Gasteiger partial charge in [0, 0.05) is 38.3 Å². The standard InChI is InChI=1S/C22H22F2N4O3S/c1-15-3-5-18(13-16(15)2)28-22(29)8-7-21(25-28)26-9-11-27(12-10-26)32(30,31)20-6-4-17(23)14-19(20)24/h3-8,13-14H,9-12H2,1-2H3. The Morgan fingerprint density at radius 1 is 0.875 bits per heavy atom. The Hall–Kier alpha value is -3.11. The lowest BCUT2D eigenvalue weighted by atomic mass is 10.1. The van der Waals surface area contributed by atoms with Crippen LogP contribution in [0.4, 0.5) is 14.6 Å². The lowest BCUT2D eigenvalue weighted by Gasteiger charge is -2.34. The molecule has 1 saturated heterocycles. The van der Waals surface area contributed by atoms with E-state index in [0.29, 0.717) is 30.7 Å². The maximum atomic E-state index is 14.0. The zero-order valence-corrected chi connectivity index (χ0v) is 18.4. The first kappa shape index (κ1) is 22.1. The Balaban J connectivity index is 1.54. The minimum atomic E-state index is -4.09. The van der Waals surface area contributed by atoms with Gasteiger partial charge < -0.3 is 4.90 Å². The summed E-state index contributed by atoms with van der Waals surface area (Å²) in [5, 5.41) is 4.47. The summed E-state index contributed by atoms with van der Waals surface area (Å²) >= 11 is 0. The van der Waals surface area contributed by atoms with Crippen LogP contribution >= 0.6 is 0 Å². The topological polar surface area (TPSA) is 75.5 Å². The third-order valence-electron chi connectivity index (χ3n) is 5.60. The van der Waals surface area contributed by atoms with Crippen LogP contribution in [0.25, 0.3) is 5.69 Å². The van der Waals surface area contributed by atoms with E-state index < -0.39 is 26.6 Å². The predicted octanol–water partition coefficient (Wildman–Crippen LogP) is 2.64. The van der Waals surface area contributed by atoms with Crippen molar-refractivity contribution >= 4 is 15.8 Å². The molecule has 0 aliphatic carbocycles. The number of piperazine rings is 1. The van der Waals surface area contributed by atoms with Crippen LogP contribution in [0.15, 0.2) is 58.2 Å². The number of rotatable bonds is 4. The quantitative estimate of drug-likeness (QED) is 0.599. The molecule has 0 saturated carbocycles. The van der Waals surface area contributed by atoms with E-state index in [0.717, 1.165) is 23.3 Å². The number of halogens is 2. The van der Waals surface area contributed by atoms with E-state index in [1.54, 1.807) is 6.07 Å². The Morgan fingerprint density at radius 2 is 1.59 bits per heavy atom. The summed E-state index contributed by atoms with van der Waals surface area (Å²) < 4.78 is 55.3. The highest BCUT2D eigenvalue weighted by atomic mass is 32.2. The van der Waals surface area contributed by atoms with Crippen molar-refractivity contribution in [2.24, 2.45) is 0 Å². The van der Waals surface area contributed by atoms with Gasteiger partial charge in [0.15, 0.2) is 0 Å². The van der Waals surface area contributed by atoms with Crippen molar-refractivity contribution in [3.8, 4) is 5.69 Å². The second kappa shape index (κ2) is 8.44. The summed E-state index contributed by atoms with van der Waals surface area (Å²) in [7, 11) is -4.09. The zero-order valence-electron chi connectivity index (χ0n) is 17.6. The molecule has 1 fully saturated rings. The molecule has 0 radical (unpaired) electrons. The summed E-state index contributed by atoms with van der Waals surface area (Å²) in [6.45, 7) is 4.75. The smallest absolute Gasteiger partial charge is 0.271 e. The van der Waals surface area contributed by atoms with E-state index in [4.69, 9.17) is 0 Å². The van der Waals surface area contributed by atoms with Crippen molar-refractivity contribution in [1.29, 1.82) is 0 Å². The second-order valence-electron chi connectivity index (χ2n) is 7.68. The van der Waals surface area contributed by atoms with Crippen molar-refractivity contribution in [3.05, 3.63) is 81.6 Å². The zero-order chi connectivity index (χ0) is 23.0. The molecule has 3 aromatic rings. The van der Waals surface area contributed by atoms with Crippen LogP contribution in [-0.4, -0.2) is 48.7 Å². The number of nitrogens with zero attached hydrogens (tertiary/aromatic N) is 4. The van der Waals surface area contributed by atoms with Crippen LogP contribution in [0, 0.1) is 25.5 Å². The molecule has 2 aromatic carbocycles. The molecule has 0 amide bonds. The third-order valence-corrected chi connectivity index (χ3v) is 7.53. The van der Waals surface area contributed by atoms with E-state index >= 15 is 0 Å². The fraction of sp³-hybridized carbons (Fsp3) is 0.273. The van der Waals surface area contributed by atoms with Gasteiger partial charge in [-0.2, -0.15) is 8.99 Å². The fourth-order valence-corrected chi connectivity index (χ4v) is 5.06. The van der Waals surface area contributed by atoms with Gasteiger partial charge >= 0.3 is 0 Å². The highest BCUT2D eigenvalue weighted by Crippen LogP contribution is 2.23. The van der Waals surface area contributed by atoms with Gasteiger partial charge in [-0.15, -0.1) is 5.10 Å². The van der Waals surface area contributed by atoms with Crippen molar-refractivity contribution in [3.63, 3.8) is 0 Å². The van der Waals surface area contributed by atoms with Crippen molar-refractivity contribution in [2.75, 3.05) is 31.1 Å². The Morgan fingerprint density at radius 3 is 2.25 bits per heavy atom. The molecule has 10 heteroatoms. The van der Waals surface area contributed by atoms with Crippen LogP contribution < -0.4 is 10.5 Å². The van der Waals surface area contributed by atoms with Crippen LogP contribution in [0.1, 0.15) is 11.1 Å². The second-order valence-corrected chi connectivity index (χ2v) is 9.58. The van der Waals surface area contributed by atoms with Gasteiger partial charge in [-0.25, -0.2) is 17.2 Å². The van der Waals surface area contributed by atoms with Gasteiger partial charge in [-0.1, -0.05) is 6.07 Å². The Kier molecular flexibility index (Phi) is 5.83. The van der Waals surface area contributed by atoms with Gasteiger partial charge in [0.05, 0.1) is 5.69 Å². The van der Waals surface area contributed by atoms with Crippen LogP contribution in [0.3, 0.4) is 0 Å². The summed E-state index contributed by atoms with van der Waals surface area (Å²) in [6.07, 6.45) is 0. The third kappa shape index (κ3) is 4.15. The van der Waals surface area contributed by atoms with Crippen molar-refractivity contribution in [1.82, 2.24) is 14.1 Å². The van der Waals surface area contributed by atoms with Gasteiger partial charge in [0.25, 0.3) is 5.56 Å². The molecule has 32 heavy (non-hydrogen) atoms. The lowest BCUT2D eigenvalue weighted by molar-refractivity contribution is 0.380. The first-order chi connectivity index (χ1) is 15.2. The molecule has 4 rings (SSSR count). The number of benzene rings is 2. The molecule has 1 aliphatic rings. The molecular weight excluding hydrogens is 438 g/mol. The highest BCUT2D eigenvalue weighted by molar-refractivity contribution is 7.89. The normalized spacial score (nSPS) is 15.2. The minimum absolute atomic E-state index is 0.101. The van der Waals surface area contributed by atoms with Gasteiger partial charge in [0.1, 0.15) is 22.3 Å². The largest absolute Gasteiger partial charge is 0.353 e. The summed E-state index contributed by atoms with van der Waals surface area (Å²) in [5.74, 6) is -1.42. The monoisotopic (exact) mass is 460 g/mol. The SMILES string of the molecule is Cc1ccc(-n2nc(N3CCN(S(=O)(=O)c4ccc(F)cc4F)CC3)ccc2=O)cc1C. The van der Waals surface area contributed by atoms with Crippen molar-refractivity contribution < 1.29 is 17.2 Å². The summed E-state index contributed by atoms with van der Waals surface area (Å²) in [4.78, 5) is 13.7. The number of aryl methyl sites for hydroxylation is 2. The van der Waals surface area contributed by atoms with Gasteiger partial charge in [-0.3, -0.25) is 4.79 Å². The molecule has 0 N–H and O–H groups in total. The number of sulfonamides is 1. The number of anilines is 1. The summed E-state index contributed by atoms with van der Waals surface area (Å²) in [6, 6.07) is 11.1. The summed E-state index contributed by atoms with van der Waals surface area (Å²) in [5.41, 5.74) is 2.51. The predicted molar refractivity (Wildman–Crippen MR) is 117 cm³/mol. The molecule has 0 atom stereocenters. The van der Waals surface area contributed by atoms with Crippen LogP contribution in [-0.2, 0) is 10.0 Å². The van der Waals surface area contributed by atoms with Gasteiger partial charge in [-0.05, 0) is 55.3 Å². The maximum absolute atomic E-state index is 14.0. The van der Waals surface area contributed by atoms with Gasteiger partial charge in [0.2, 0.25) is 10.0 Å². The molecular formula is C22H22F2N4O3S. The van der Waals surface area contributed by atoms with E-state index in [9.17, 15) is 22.0 Å². The van der Waals surface area contributed by atoms with E-state index in [1.807, 2.05) is 36.9 Å². The molecule has 0 unspecified atom stereocenters. The molecule has 7 nitrogen and oxygen atoms in total. The fourth-order valence-electron chi connectivity index (χ4n) is 3.59. The molecule has 168 valence electrons. The number of aromatic nitrogens is 2. The van der Waals surface area contributed by atoms with E-state index in [2.05, 4.69) is 5.10 Å². The molecule has 0 spiro atoms. The van der Waals surface area contributed by atoms with E-state index in [1.165, 1.54) is 15.1 Å². The highest BCUT2D eigenvalue weighted by Gasteiger charge is 2.31. The Bertz CT molecular complexity index is 1330. The molecule has 0 bridgehead atoms. The lowest BCUT2D eigenvalue weighted by Crippen LogP contribution is -2.49.